The number of hydrogen-bond donors (Lipinski definition) is 0. The van der Waals surface area contributed by atoms with Gasteiger partial charge in [-0.25, -0.2) is 0 Å². The van der Waals surface area contributed by atoms with Crippen LogP contribution in [0.25, 0.3) is 0 Å². The summed E-state index contributed by atoms with van der Waals surface area (Å²) in [5, 5.41) is 0. The summed E-state index contributed by atoms with van der Waals surface area (Å²) >= 11 is 0. The van der Waals surface area contributed by atoms with Crippen LogP contribution in [0, 0.1) is 5.92 Å². The molecule has 0 unspecified atom stereocenters. The van der Waals surface area contributed by atoms with Crippen molar-refractivity contribution in [3.63, 3.8) is 0 Å². The summed E-state index contributed by atoms with van der Waals surface area (Å²) in [4.78, 5) is 23.3. The van der Waals surface area contributed by atoms with Gasteiger partial charge in [0, 0.05) is 12.8 Å². The van der Waals surface area contributed by atoms with E-state index in [1.54, 1.807) is 0 Å². The Hall–Kier alpha value is -1.06. The van der Waals surface area contributed by atoms with Gasteiger partial charge in [0.25, 0.3) is 0 Å². The molecule has 4 heteroatoms. The van der Waals surface area contributed by atoms with Crippen molar-refractivity contribution in [2.45, 2.75) is 103 Å². The molecule has 0 saturated heterocycles. The lowest BCUT2D eigenvalue weighted by molar-refractivity contribution is -0.146. The average molecular weight is 355 g/mol. The standard InChI is InChI=1S/C21H38O4/c1-2-3-4-5-6-7-12-17-24-20(22)15-10-11-16-21(23)25-18-19-13-8-9-14-19/h19H,2-18H2,1H3. The molecule has 25 heavy (non-hydrogen) atoms. The fourth-order valence-corrected chi connectivity index (χ4v) is 3.32. The van der Waals surface area contributed by atoms with Crippen LogP contribution in [0.1, 0.15) is 103 Å². The minimum atomic E-state index is -0.134. The van der Waals surface area contributed by atoms with Crippen LogP contribution in [0.5, 0.6) is 0 Å². The van der Waals surface area contributed by atoms with Crippen LogP contribution in [0.2, 0.25) is 0 Å². The van der Waals surface area contributed by atoms with Crippen LogP contribution in [0.4, 0.5) is 0 Å². The van der Waals surface area contributed by atoms with Crippen LogP contribution in [-0.2, 0) is 19.1 Å². The van der Waals surface area contributed by atoms with Crippen molar-refractivity contribution >= 4 is 11.9 Å². The Balaban J connectivity index is 1.83. The van der Waals surface area contributed by atoms with Crippen LogP contribution in [0.3, 0.4) is 0 Å². The highest BCUT2D eigenvalue weighted by atomic mass is 16.5. The molecule has 0 amide bonds. The van der Waals surface area contributed by atoms with E-state index in [2.05, 4.69) is 6.92 Å². The Bertz CT molecular complexity index is 348. The lowest BCUT2D eigenvalue weighted by Crippen LogP contribution is -2.12. The molecular formula is C21H38O4. The van der Waals surface area contributed by atoms with E-state index in [0.717, 1.165) is 12.8 Å². The van der Waals surface area contributed by atoms with Gasteiger partial charge in [-0.15, -0.1) is 0 Å². The van der Waals surface area contributed by atoms with Crippen molar-refractivity contribution in [3.8, 4) is 0 Å². The topological polar surface area (TPSA) is 52.6 Å². The van der Waals surface area contributed by atoms with Gasteiger partial charge in [-0.2, -0.15) is 0 Å². The minimum absolute atomic E-state index is 0.122. The first-order chi connectivity index (χ1) is 12.2. The van der Waals surface area contributed by atoms with Crippen molar-refractivity contribution in [2.75, 3.05) is 13.2 Å². The van der Waals surface area contributed by atoms with Gasteiger partial charge in [0.05, 0.1) is 13.2 Å². The largest absolute Gasteiger partial charge is 0.466 e. The second-order valence-electron chi connectivity index (χ2n) is 7.38. The Kier molecular flexibility index (Phi) is 13.4. The van der Waals surface area contributed by atoms with E-state index in [1.165, 1.54) is 57.8 Å². The van der Waals surface area contributed by atoms with E-state index in [0.29, 0.717) is 44.8 Å². The number of carbonyl (C=O) groups is 2. The van der Waals surface area contributed by atoms with Crippen LogP contribution >= 0.6 is 0 Å². The molecule has 0 atom stereocenters. The number of ether oxygens (including phenoxy) is 2. The molecular weight excluding hydrogens is 316 g/mol. The quantitative estimate of drug-likeness (QED) is 0.285. The second kappa shape index (κ2) is 15.2. The molecule has 146 valence electrons. The predicted octanol–water partition coefficient (Wildman–Crippen LogP) is 5.57. The predicted molar refractivity (Wildman–Crippen MR) is 100 cm³/mol. The van der Waals surface area contributed by atoms with E-state index < -0.39 is 0 Å². The van der Waals surface area contributed by atoms with Crippen LogP contribution in [-0.4, -0.2) is 25.2 Å². The molecule has 4 nitrogen and oxygen atoms in total. The molecule has 1 fully saturated rings. The highest BCUT2D eigenvalue weighted by Crippen LogP contribution is 2.24. The first kappa shape index (κ1) is 22.0. The Morgan fingerprint density at radius 1 is 0.760 bits per heavy atom. The highest BCUT2D eigenvalue weighted by molar-refractivity contribution is 5.70. The maximum absolute atomic E-state index is 11.6. The maximum Gasteiger partial charge on any atom is 0.305 e. The summed E-state index contributed by atoms with van der Waals surface area (Å²) in [6.07, 6.45) is 15.7. The lowest BCUT2D eigenvalue weighted by atomic mass is 10.1. The van der Waals surface area contributed by atoms with Gasteiger partial charge in [-0.3, -0.25) is 9.59 Å². The van der Waals surface area contributed by atoms with Gasteiger partial charge < -0.3 is 9.47 Å². The zero-order valence-corrected chi connectivity index (χ0v) is 16.2. The van der Waals surface area contributed by atoms with Gasteiger partial charge in [0.2, 0.25) is 0 Å². The van der Waals surface area contributed by atoms with Crippen molar-refractivity contribution < 1.29 is 19.1 Å². The SMILES string of the molecule is CCCCCCCCCOC(=O)CCCCC(=O)OCC1CCCC1. The van der Waals surface area contributed by atoms with E-state index in [9.17, 15) is 9.59 Å². The van der Waals surface area contributed by atoms with E-state index in [4.69, 9.17) is 9.47 Å². The Morgan fingerprint density at radius 3 is 1.96 bits per heavy atom. The molecule has 1 rings (SSSR count). The third kappa shape index (κ3) is 12.9. The smallest absolute Gasteiger partial charge is 0.305 e. The summed E-state index contributed by atoms with van der Waals surface area (Å²) in [5.74, 6) is 0.319. The van der Waals surface area contributed by atoms with Crippen LogP contribution in [0.15, 0.2) is 0 Å². The van der Waals surface area contributed by atoms with Gasteiger partial charge in [0.1, 0.15) is 0 Å². The summed E-state index contributed by atoms with van der Waals surface area (Å²) < 4.78 is 10.5. The number of carbonyl (C=O) groups excluding carboxylic acids is 2. The molecule has 0 aromatic carbocycles. The van der Waals surface area contributed by atoms with Gasteiger partial charge in [0.15, 0.2) is 0 Å². The van der Waals surface area contributed by atoms with E-state index in [1.807, 2.05) is 0 Å². The first-order valence-corrected chi connectivity index (χ1v) is 10.5. The third-order valence-corrected chi connectivity index (χ3v) is 4.98. The summed E-state index contributed by atoms with van der Waals surface area (Å²) in [5.41, 5.74) is 0. The zero-order valence-electron chi connectivity index (χ0n) is 16.2. The lowest BCUT2D eigenvalue weighted by Gasteiger charge is -2.09. The Labute approximate surface area is 154 Å². The van der Waals surface area contributed by atoms with E-state index >= 15 is 0 Å². The second-order valence-corrected chi connectivity index (χ2v) is 7.38. The molecule has 0 aromatic heterocycles. The van der Waals surface area contributed by atoms with E-state index in [-0.39, 0.29) is 11.9 Å². The number of esters is 2. The third-order valence-electron chi connectivity index (χ3n) is 4.98. The normalized spacial score (nSPS) is 14.6. The van der Waals surface area contributed by atoms with Gasteiger partial charge in [-0.1, -0.05) is 58.3 Å². The van der Waals surface area contributed by atoms with Gasteiger partial charge >= 0.3 is 11.9 Å². The number of rotatable bonds is 15. The zero-order chi connectivity index (χ0) is 18.2. The summed E-state index contributed by atoms with van der Waals surface area (Å²) in [6, 6.07) is 0. The average Bonchev–Trinajstić information content (AvgIpc) is 3.13. The summed E-state index contributed by atoms with van der Waals surface area (Å²) in [6.45, 7) is 3.34. The molecule has 1 saturated carbocycles. The molecule has 0 aromatic rings. The Morgan fingerprint density at radius 2 is 1.32 bits per heavy atom. The van der Waals surface area contributed by atoms with Crippen molar-refractivity contribution in [1.82, 2.24) is 0 Å². The molecule has 0 spiro atoms. The number of unbranched alkanes of at least 4 members (excludes halogenated alkanes) is 7. The fourth-order valence-electron chi connectivity index (χ4n) is 3.32. The van der Waals surface area contributed by atoms with Crippen molar-refractivity contribution in [3.05, 3.63) is 0 Å². The maximum atomic E-state index is 11.6. The molecule has 0 heterocycles. The number of hydrogen-bond acceptors (Lipinski definition) is 4. The molecule has 0 radical (unpaired) electrons. The first-order valence-electron chi connectivity index (χ1n) is 10.5. The molecule has 0 bridgehead atoms. The van der Waals surface area contributed by atoms with Crippen molar-refractivity contribution in [1.29, 1.82) is 0 Å². The highest BCUT2D eigenvalue weighted by Gasteiger charge is 2.16. The molecule has 0 aliphatic heterocycles. The van der Waals surface area contributed by atoms with Crippen LogP contribution < -0.4 is 0 Å². The minimum Gasteiger partial charge on any atom is -0.466 e. The summed E-state index contributed by atoms with van der Waals surface area (Å²) in [7, 11) is 0. The molecule has 1 aliphatic rings. The molecule has 1 aliphatic carbocycles. The molecule has 0 N–H and O–H groups in total. The van der Waals surface area contributed by atoms with Crippen molar-refractivity contribution in [2.24, 2.45) is 5.92 Å². The fraction of sp³-hybridized carbons (Fsp3) is 0.905. The van der Waals surface area contributed by atoms with Gasteiger partial charge in [-0.05, 0) is 38.0 Å². The monoisotopic (exact) mass is 354 g/mol.